The zero-order valence-corrected chi connectivity index (χ0v) is 21.3. The Bertz CT molecular complexity index is 1560. The van der Waals surface area contributed by atoms with Crippen LogP contribution >= 0.6 is 0 Å². The van der Waals surface area contributed by atoms with Gasteiger partial charge in [0.05, 0.1) is 23.0 Å². The number of aryl methyl sites for hydroxylation is 1. The number of amides is 1. The first kappa shape index (κ1) is 24.2. The van der Waals surface area contributed by atoms with Gasteiger partial charge in [0.2, 0.25) is 9.84 Å². The van der Waals surface area contributed by atoms with Gasteiger partial charge >= 0.3 is 6.09 Å². The number of halogens is 1. The van der Waals surface area contributed by atoms with Crippen molar-refractivity contribution in [1.82, 2.24) is 24.4 Å². The molecule has 2 atom stereocenters. The number of carbonyl (C=O) groups is 1. The Balaban J connectivity index is 1.60. The molecule has 1 fully saturated rings. The van der Waals surface area contributed by atoms with Crippen molar-refractivity contribution < 1.29 is 22.3 Å². The van der Waals surface area contributed by atoms with Crippen LogP contribution in [0.1, 0.15) is 39.1 Å². The molecule has 1 aliphatic rings. The van der Waals surface area contributed by atoms with E-state index in [1.807, 2.05) is 0 Å². The summed E-state index contributed by atoms with van der Waals surface area (Å²) in [5.41, 5.74) is 0.404. The molecule has 0 aliphatic carbocycles. The standard InChI is InChI=1S/C25H28FN5O4S/c1-15-28-20-21(31(15)19-11-13-30(14-18(19)26)24(32)35-25(2,3)4)17-10-12-27-22(17)29-23(20)36(33,34)16-8-6-5-7-9-16/h5-10,12,18-19H,11,13-14H2,1-4H3,(H,27,29). The molecule has 9 nitrogen and oxygen atoms in total. The maximum absolute atomic E-state index is 15.6. The second kappa shape index (κ2) is 8.58. The molecule has 1 N–H and O–H groups in total. The Morgan fingerprint density at radius 2 is 1.89 bits per heavy atom. The van der Waals surface area contributed by atoms with Crippen LogP contribution in [0.15, 0.2) is 52.5 Å². The van der Waals surface area contributed by atoms with Gasteiger partial charge in [-0.2, -0.15) is 0 Å². The number of nitrogens with zero attached hydrogens (tertiary/aromatic N) is 4. The number of H-pyrrole nitrogens is 1. The number of ether oxygens (including phenoxy) is 1. The summed E-state index contributed by atoms with van der Waals surface area (Å²) in [6.45, 7) is 7.20. The first-order chi connectivity index (χ1) is 17.0. The molecular weight excluding hydrogens is 485 g/mol. The molecule has 190 valence electrons. The topological polar surface area (TPSA) is 110 Å². The summed E-state index contributed by atoms with van der Waals surface area (Å²) in [4.78, 5) is 26.0. The summed E-state index contributed by atoms with van der Waals surface area (Å²) >= 11 is 0. The molecule has 36 heavy (non-hydrogen) atoms. The number of benzene rings is 1. The van der Waals surface area contributed by atoms with E-state index >= 15 is 4.39 Å². The van der Waals surface area contributed by atoms with E-state index in [-0.39, 0.29) is 22.0 Å². The molecule has 11 heteroatoms. The number of aromatic nitrogens is 4. The highest BCUT2D eigenvalue weighted by atomic mass is 32.2. The van der Waals surface area contributed by atoms with Gasteiger partial charge in [0.25, 0.3) is 0 Å². The smallest absolute Gasteiger partial charge is 0.410 e. The molecule has 1 aromatic carbocycles. The van der Waals surface area contributed by atoms with E-state index in [9.17, 15) is 13.2 Å². The van der Waals surface area contributed by atoms with Crippen LogP contribution < -0.4 is 0 Å². The van der Waals surface area contributed by atoms with Crippen molar-refractivity contribution in [2.45, 2.75) is 61.9 Å². The van der Waals surface area contributed by atoms with Crippen molar-refractivity contribution in [3.63, 3.8) is 0 Å². The Labute approximate surface area is 208 Å². The number of alkyl halides is 1. The molecule has 5 rings (SSSR count). The molecule has 0 radical (unpaired) electrons. The molecule has 2 unspecified atom stereocenters. The molecule has 1 saturated heterocycles. The lowest BCUT2D eigenvalue weighted by Crippen LogP contribution is -2.47. The van der Waals surface area contributed by atoms with Crippen molar-refractivity contribution >= 4 is 38.0 Å². The maximum Gasteiger partial charge on any atom is 0.410 e. The highest BCUT2D eigenvalue weighted by Gasteiger charge is 2.37. The van der Waals surface area contributed by atoms with Gasteiger partial charge in [0.1, 0.15) is 28.8 Å². The molecule has 1 aliphatic heterocycles. The van der Waals surface area contributed by atoms with Crippen LogP contribution in [0.3, 0.4) is 0 Å². The summed E-state index contributed by atoms with van der Waals surface area (Å²) in [5.74, 6) is 0.475. The quantitative estimate of drug-likeness (QED) is 0.430. The normalized spacial score (nSPS) is 19.2. The molecule has 0 saturated carbocycles. The van der Waals surface area contributed by atoms with Gasteiger partial charge in [0, 0.05) is 18.1 Å². The van der Waals surface area contributed by atoms with E-state index in [0.29, 0.717) is 35.3 Å². The van der Waals surface area contributed by atoms with Crippen LogP contribution in [0, 0.1) is 6.92 Å². The lowest BCUT2D eigenvalue weighted by molar-refractivity contribution is 0.00693. The van der Waals surface area contributed by atoms with E-state index in [1.165, 1.54) is 17.0 Å². The largest absolute Gasteiger partial charge is 0.444 e. The number of fused-ring (bicyclic) bond motifs is 3. The van der Waals surface area contributed by atoms with Crippen LogP contribution in [0.4, 0.5) is 9.18 Å². The summed E-state index contributed by atoms with van der Waals surface area (Å²) in [5, 5.41) is 0.474. The Morgan fingerprint density at radius 1 is 1.17 bits per heavy atom. The van der Waals surface area contributed by atoms with Crippen molar-refractivity contribution in [3.05, 3.63) is 48.4 Å². The van der Waals surface area contributed by atoms with E-state index in [2.05, 4.69) is 15.0 Å². The van der Waals surface area contributed by atoms with Crippen LogP contribution in [-0.2, 0) is 14.6 Å². The highest BCUT2D eigenvalue weighted by Crippen LogP contribution is 2.37. The molecule has 1 amide bonds. The fraction of sp³-hybridized carbons (Fsp3) is 0.400. The van der Waals surface area contributed by atoms with Gasteiger partial charge in [-0.1, -0.05) is 18.2 Å². The zero-order chi connectivity index (χ0) is 25.8. The number of nitrogens with one attached hydrogen (secondary N) is 1. The fourth-order valence-electron chi connectivity index (χ4n) is 4.73. The lowest BCUT2D eigenvalue weighted by atomic mass is 10.0. The highest BCUT2D eigenvalue weighted by molar-refractivity contribution is 7.91. The van der Waals surface area contributed by atoms with Gasteiger partial charge in [-0.25, -0.2) is 27.6 Å². The van der Waals surface area contributed by atoms with Crippen molar-refractivity contribution in [2.24, 2.45) is 0 Å². The number of imidazole rings is 1. The van der Waals surface area contributed by atoms with Crippen molar-refractivity contribution in [3.8, 4) is 0 Å². The van der Waals surface area contributed by atoms with Gasteiger partial charge in [0.15, 0.2) is 5.03 Å². The second-order valence-electron chi connectivity index (χ2n) is 10.00. The SMILES string of the molecule is Cc1nc2c(S(=O)(=O)c3ccccc3)nc3[nH]ccc3c2n1C1CCN(C(=O)OC(C)(C)C)CC1F. The summed E-state index contributed by atoms with van der Waals surface area (Å²) in [6.07, 6.45) is 0.0330. The van der Waals surface area contributed by atoms with Crippen LogP contribution in [0.5, 0.6) is 0 Å². The van der Waals surface area contributed by atoms with Crippen LogP contribution in [0.2, 0.25) is 0 Å². The third-order valence-corrected chi connectivity index (χ3v) is 7.97. The zero-order valence-electron chi connectivity index (χ0n) is 20.5. The Hall–Kier alpha value is -3.47. The number of carbonyl (C=O) groups excluding carboxylic acids is 1. The van der Waals surface area contributed by atoms with Crippen molar-refractivity contribution in [2.75, 3.05) is 13.1 Å². The average molecular weight is 514 g/mol. The van der Waals surface area contributed by atoms with Gasteiger partial charge in [-0.3, -0.25) is 0 Å². The number of hydrogen-bond donors (Lipinski definition) is 1. The predicted molar refractivity (Wildman–Crippen MR) is 132 cm³/mol. The summed E-state index contributed by atoms with van der Waals surface area (Å²) in [6, 6.07) is 9.19. The monoisotopic (exact) mass is 513 g/mol. The number of rotatable bonds is 3. The first-order valence-corrected chi connectivity index (χ1v) is 13.2. The van der Waals surface area contributed by atoms with Gasteiger partial charge in [-0.15, -0.1) is 0 Å². The first-order valence-electron chi connectivity index (χ1n) is 11.7. The summed E-state index contributed by atoms with van der Waals surface area (Å²) < 4.78 is 49.9. The predicted octanol–water partition coefficient (Wildman–Crippen LogP) is 4.57. The lowest BCUT2D eigenvalue weighted by Gasteiger charge is -2.36. The number of sulfone groups is 1. The molecule has 4 aromatic rings. The third-order valence-electron chi connectivity index (χ3n) is 6.28. The number of pyridine rings is 1. The third kappa shape index (κ3) is 4.11. The number of piperidine rings is 1. The Morgan fingerprint density at radius 3 is 2.56 bits per heavy atom. The van der Waals surface area contributed by atoms with E-state index in [4.69, 9.17) is 4.74 Å². The van der Waals surface area contributed by atoms with Gasteiger partial charge < -0.3 is 19.2 Å². The minimum atomic E-state index is -3.99. The molecular formula is C25H28FN5O4S. The fourth-order valence-corrected chi connectivity index (χ4v) is 6.08. The van der Waals surface area contributed by atoms with E-state index < -0.39 is 33.7 Å². The molecule has 4 heterocycles. The van der Waals surface area contributed by atoms with E-state index in [1.54, 1.807) is 62.7 Å². The van der Waals surface area contributed by atoms with Crippen LogP contribution in [-0.4, -0.2) is 63.8 Å². The Kier molecular flexibility index (Phi) is 5.77. The number of likely N-dealkylation sites (tertiary alicyclic amines) is 1. The number of hydrogen-bond acceptors (Lipinski definition) is 6. The van der Waals surface area contributed by atoms with Gasteiger partial charge in [-0.05, 0) is 52.3 Å². The second-order valence-corrected chi connectivity index (χ2v) is 11.9. The van der Waals surface area contributed by atoms with E-state index in [0.717, 1.165) is 0 Å². The van der Waals surface area contributed by atoms with Crippen LogP contribution in [0.25, 0.3) is 22.1 Å². The minimum Gasteiger partial charge on any atom is -0.444 e. The molecule has 0 bridgehead atoms. The minimum absolute atomic E-state index is 0.103. The van der Waals surface area contributed by atoms with Crippen molar-refractivity contribution in [1.29, 1.82) is 0 Å². The molecule has 3 aromatic heterocycles. The number of aromatic amines is 1. The summed E-state index contributed by atoms with van der Waals surface area (Å²) in [7, 11) is -3.99. The average Bonchev–Trinajstić information content (AvgIpc) is 3.41. The maximum atomic E-state index is 15.6. The molecule has 0 spiro atoms.